The number of carbonyl (C=O) groups is 1. The summed E-state index contributed by atoms with van der Waals surface area (Å²) in [4.78, 5) is 26.2. The maximum Gasteiger partial charge on any atom is 0.291 e. The van der Waals surface area contributed by atoms with Crippen molar-refractivity contribution in [2.45, 2.75) is 0 Å². The number of hydrogen-bond acceptors (Lipinski definition) is 6. The van der Waals surface area contributed by atoms with E-state index >= 15 is 0 Å². The van der Waals surface area contributed by atoms with Crippen molar-refractivity contribution in [3.63, 3.8) is 0 Å². The number of nitro benzene ring substituents is 1. The van der Waals surface area contributed by atoms with Gasteiger partial charge in [0.05, 0.1) is 21.2 Å². The van der Waals surface area contributed by atoms with Crippen LogP contribution in [-0.2, 0) is 0 Å². The van der Waals surface area contributed by atoms with Gasteiger partial charge < -0.3 is 5.73 Å². The van der Waals surface area contributed by atoms with Gasteiger partial charge in [-0.2, -0.15) is 5.10 Å². The molecule has 3 N–H and O–H groups in total. The molecule has 1 aromatic heterocycles. The zero-order valence-electron chi connectivity index (χ0n) is 12.8. The highest BCUT2D eigenvalue weighted by Crippen LogP contribution is 2.34. The molecular formula is C15H10Cl3N5O3. The van der Waals surface area contributed by atoms with Crippen molar-refractivity contribution < 1.29 is 9.72 Å². The summed E-state index contributed by atoms with van der Waals surface area (Å²) in [7, 11) is 0. The van der Waals surface area contributed by atoms with Gasteiger partial charge in [0, 0.05) is 12.3 Å². The SMILES string of the molecule is Nc1c(Cl)c(Cl)nc(C(=O)N/N=C/C=C/c2ccccc2[N+](=O)[O-])c1Cl. The molecule has 0 aliphatic rings. The number of pyridine rings is 1. The molecule has 1 aromatic carbocycles. The Morgan fingerprint density at radius 1 is 1.27 bits per heavy atom. The van der Waals surface area contributed by atoms with Crippen LogP contribution in [0.2, 0.25) is 15.2 Å². The van der Waals surface area contributed by atoms with Crippen molar-refractivity contribution in [2.24, 2.45) is 5.10 Å². The molecule has 134 valence electrons. The number of halogens is 3. The lowest BCUT2D eigenvalue weighted by molar-refractivity contribution is -0.385. The lowest BCUT2D eigenvalue weighted by atomic mass is 10.2. The number of anilines is 1. The topological polar surface area (TPSA) is 124 Å². The fraction of sp³-hybridized carbons (Fsp3) is 0. The van der Waals surface area contributed by atoms with E-state index in [9.17, 15) is 14.9 Å². The Morgan fingerprint density at radius 3 is 2.65 bits per heavy atom. The van der Waals surface area contributed by atoms with E-state index in [1.54, 1.807) is 18.2 Å². The van der Waals surface area contributed by atoms with E-state index < -0.39 is 10.8 Å². The maximum absolute atomic E-state index is 12.0. The fourth-order valence-electron chi connectivity index (χ4n) is 1.82. The van der Waals surface area contributed by atoms with Gasteiger partial charge in [-0.3, -0.25) is 14.9 Å². The highest BCUT2D eigenvalue weighted by Gasteiger charge is 2.19. The number of nitrogens with zero attached hydrogens (tertiary/aromatic N) is 3. The Labute approximate surface area is 162 Å². The van der Waals surface area contributed by atoms with Crippen LogP contribution in [0.15, 0.2) is 35.4 Å². The number of nitrogen functional groups attached to an aromatic ring is 1. The van der Waals surface area contributed by atoms with Gasteiger partial charge in [-0.05, 0) is 18.2 Å². The van der Waals surface area contributed by atoms with Gasteiger partial charge in [0.15, 0.2) is 10.8 Å². The average Bonchev–Trinajstić information content (AvgIpc) is 2.62. The molecular weight excluding hydrogens is 405 g/mol. The van der Waals surface area contributed by atoms with E-state index in [4.69, 9.17) is 40.5 Å². The molecule has 1 heterocycles. The molecule has 8 nitrogen and oxygen atoms in total. The number of nitrogens with one attached hydrogen (secondary N) is 1. The molecule has 0 aliphatic carbocycles. The summed E-state index contributed by atoms with van der Waals surface area (Å²) < 4.78 is 0. The molecule has 11 heteroatoms. The summed E-state index contributed by atoms with van der Waals surface area (Å²) in [5, 5.41) is 14.2. The molecule has 0 saturated carbocycles. The first-order valence-corrected chi connectivity index (χ1v) is 7.99. The Kier molecular flexibility index (Phi) is 6.51. The first-order valence-electron chi connectivity index (χ1n) is 6.86. The monoisotopic (exact) mass is 413 g/mol. The molecule has 1 amide bonds. The minimum atomic E-state index is -0.754. The Morgan fingerprint density at radius 2 is 1.96 bits per heavy atom. The second-order valence-corrected chi connectivity index (χ2v) is 5.80. The van der Waals surface area contributed by atoms with Gasteiger partial charge in [0.25, 0.3) is 11.6 Å². The van der Waals surface area contributed by atoms with Gasteiger partial charge in [0.1, 0.15) is 5.02 Å². The number of amides is 1. The largest absolute Gasteiger partial charge is 0.396 e. The van der Waals surface area contributed by atoms with Gasteiger partial charge in [-0.25, -0.2) is 10.4 Å². The number of allylic oxidation sites excluding steroid dienone is 1. The first kappa shape index (κ1) is 19.6. The second-order valence-electron chi connectivity index (χ2n) is 4.69. The van der Waals surface area contributed by atoms with Gasteiger partial charge in [-0.1, -0.05) is 46.9 Å². The third-order valence-corrected chi connectivity index (χ3v) is 4.16. The van der Waals surface area contributed by atoms with E-state index in [1.165, 1.54) is 24.4 Å². The van der Waals surface area contributed by atoms with Crippen LogP contribution in [0.25, 0.3) is 6.08 Å². The normalized spacial score (nSPS) is 11.2. The summed E-state index contributed by atoms with van der Waals surface area (Å²) in [6, 6.07) is 6.17. The Hall–Kier alpha value is -2.68. The van der Waals surface area contributed by atoms with Crippen molar-refractivity contribution in [1.29, 1.82) is 0 Å². The molecule has 0 atom stereocenters. The minimum absolute atomic E-state index is 0.0518. The predicted molar refractivity (Wildman–Crippen MR) is 102 cm³/mol. The smallest absolute Gasteiger partial charge is 0.291 e. The van der Waals surface area contributed by atoms with E-state index in [-0.39, 0.29) is 32.3 Å². The molecule has 0 aliphatic heterocycles. The Bertz CT molecular complexity index is 931. The quantitative estimate of drug-likeness (QED) is 0.332. The minimum Gasteiger partial charge on any atom is -0.396 e. The predicted octanol–water partition coefficient (Wildman–Crippen LogP) is 3.96. The molecule has 26 heavy (non-hydrogen) atoms. The van der Waals surface area contributed by atoms with Crippen LogP contribution in [0.5, 0.6) is 0 Å². The van der Waals surface area contributed by atoms with Crippen molar-refractivity contribution in [1.82, 2.24) is 10.4 Å². The molecule has 0 unspecified atom stereocenters. The first-order chi connectivity index (χ1) is 12.3. The third-order valence-electron chi connectivity index (χ3n) is 3.02. The standard InChI is InChI=1S/C15H10Cl3N5O3/c16-10-12(19)11(17)14(18)21-13(10)15(24)22-20-7-3-5-8-4-1-2-6-9(8)23(25)26/h1-7H,(H2,19,21)(H,22,24)/b5-3+,20-7+. The van der Waals surface area contributed by atoms with Gasteiger partial charge in [0.2, 0.25) is 0 Å². The molecule has 2 aromatic rings. The van der Waals surface area contributed by atoms with Crippen LogP contribution in [-0.4, -0.2) is 22.0 Å². The number of para-hydroxylation sites is 1. The van der Waals surface area contributed by atoms with E-state index in [0.717, 1.165) is 0 Å². The van der Waals surface area contributed by atoms with Crippen molar-refractivity contribution in [3.8, 4) is 0 Å². The second kappa shape index (κ2) is 8.61. The lowest BCUT2D eigenvalue weighted by Gasteiger charge is -2.07. The number of nitro groups is 1. The number of hydrogen-bond donors (Lipinski definition) is 2. The summed E-state index contributed by atoms with van der Waals surface area (Å²) in [5.74, 6) is -0.754. The Balaban J connectivity index is 2.08. The third kappa shape index (κ3) is 4.48. The number of nitrogens with two attached hydrogens (primary N) is 1. The number of benzene rings is 1. The number of carbonyl (C=O) groups excluding carboxylic acids is 1. The highest BCUT2D eigenvalue weighted by molar-refractivity contribution is 6.46. The highest BCUT2D eigenvalue weighted by atomic mass is 35.5. The van der Waals surface area contributed by atoms with E-state index in [1.807, 2.05) is 0 Å². The zero-order valence-corrected chi connectivity index (χ0v) is 15.1. The van der Waals surface area contributed by atoms with Gasteiger partial charge in [-0.15, -0.1) is 0 Å². The van der Waals surface area contributed by atoms with E-state index in [0.29, 0.717) is 5.56 Å². The summed E-state index contributed by atoms with van der Waals surface area (Å²) in [5.41, 5.74) is 7.83. The molecule has 0 radical (unpaired) electrons. The number of aromatic nitrogens is 1. The number of hydrazone groups is 1. The summed E-state index contributed by atoms with van der Waals surface area (Å²) in [6.07, 6.45) is 4.11. The van der Waals surface area contributed by atoms with Crippen LogP contribution >= 0.6 is 34.8 Å². The average molecular weight is 415 g/mol. The maximum atomic E-state index is 12.0. The fourth-order valence-corrected chi connectivity index (χ4v) is 2.41. The van der Waals surface area contributed by atoms with Crippen molar-refractivity contribution in [3.05, 3.63) is 66.9 Å². The zero-order chi connectivity index (χ0) is 19.3. The molecule has 2 rings (SSSR count). The summed E-state index contributed by atoms with van der Waals surface area (Å²) in [6.45, 7) is 0. The summed E-state index contributed by atoms with van der Waals surface area (Å²) >= 11 is 17.4. The van der Waals surface area contributed by atoms with Crippen LogP contribution in [0.4, 0.5) is 11.4 Å². The van der Waals surface area contributed by atoms with Crippen LogP contribution in [0, 0.1) is 10.1 Å². The van der Waals surface area contributed by atoms with Crippen molar-refractivity contribution >= 4 is 64.4 Å². The van der Waals surface area contributed by atoms with Crippen molar-refractivity contribution in [2.75, 3.05) is 5.73 Å². The number of rotatable bonds is 5. The van der Waals surface area contributed by atoms with Gasteiger partial charge >= 0.3 is 0 Å². The van der Waals surface area contributed by atoms with Crippen LogP contribution < -0.4 is 11.2 Å². The molecule has 0 fully saturated rings. The van der Waals surface area contributed by atoms with Crippen LogP contribution in [0.1, 0.15) is 16.1 Å². The lowest BCUT2D eigenvalue weighted by Crippen LogP contribution is -2.20. The molecule has 0 bridgehead atoms. The molecule has 0 spiro atoms. The molecule has 0 saturated heterocycles. The van der Waals surface area contributed by atoms with Crippen LogP contribution in [0.3, 0.4) is 0 Å². The van der Waals surface area contributed by atoms with E-state index in [2.05, 4.69) is 15.5 Å².